The summed E-state index contributed by atoms with van der Waals surface area (Å²) in [5, 5.41) is 0. The van der Waals surface area contributed by atoms with Crippen molar-refractivity contribution in [3.8, 4) is 0 Å². The van der Waals surface area contributed by atoms with Crippen molar-refractivity contribution < 1.29 is 9.53 Å². The van der Waals surface area contributed by atoms with Gasteiger partial charge in [0.1, 0.15) is 6.10 Å². The number of hydrogen-bond acceptors (Lipinski definition) is 2. The zero-order valence-corrected chi connectivity index (χ0v) is 9.45. The number of ether oxygens (including phenoxy) is 1. The molecule has 0 radical (unpaired) electrons. The van der Waals surface area contributed by atoms with Gasteiger partial charge in [-0.2, -0.15) is 0 Å². The molecule has 0 spiro atoms. The standard InChI is InChI=1S/C13H18O2/c1-5-13(14)15-12-8-11(9(2)3)7-6-10(12)4/h5-6,11-12H,1-2,7-8H2,3-4H3/t11-,12+/m0/s1. The molecule has 0 heterocycles. The van der Waals surface area contributed by atoms with Crippen LogP contribution in [0.25, 0.3) is 0 Å². The zero-order chi connectivity index (χ0) is 11.4. The van der Waals surface area contributed by atoms with Gasteiger partial charge in [-0.3, -0.25) is 0 Å². The summed E-state index contributed by atoms with van der Waals surface area (Å²) in [6, 6.07) is 0. The molecule has 0 N–H and O–H groups in total. The van der Waals surface area contributed by atoms with Crippen LogP contribution in [0.4, 0.5) is 0 Å². The van der Waals surface area contributed by atoms with Gasteiger partial charge in [-0.05, 0) is 38.2 Å². The number of carbonyl (C=O) groups excluding carboxylic acids is 1. The number of rotatable bonds is 3. The first-order valence-corrected chi connectivity index (χ1v) is 5.19. The molecule has 0 saturated heterocycles. The fourth-order valence-electron chi connectivity index (χ4n) is 1.73. The van der Waals surface area contributed by atoms with Crippen molar-refractivity contribution in [3.63, 3.8) is 0 Å². The van der Waals surface area contributed by atoms with Crippen LogP contribution in [-0.2, 0) is 9.53 Å². The van der Waals surface area contributed by atoms with E-state index < -0.39 is 0 Å². The Bertz CT molecular complexity index is 312. The summed E-state index contributed by atoms with van der Waals surface area (Å²) >= 11 is 0. The minimum absolute atomic E-state index is 0.106. The Morgan fingerprint density at radius 2 is 2.33 bits per heavy atom. The van der Waals surface area contributed by atoms with Crippen molar-refractivity contribution in [1.29, 1.82) is 0 Å². The molecule has 0 fully saturated rings. The predicted molar refractivity (Wildman–Crippen MR) is 61.4 cm³/mol. The Labute approximate surface area is 91.3 Å². The fraction of sp³-hybridized carbons (Fsp3) is 0.462. The van der Waals surface area contributed by atoms with Gasteiger partial charge in [-0.15, -0.1) is 0 Å². The maximum absolute atomic E-state index is 11.1. The van der Waals surface area contributed by atoms with Gasteiger partial charge >= 0.3 is 5.97 Å². The average molecular weight is 206 g/mol. The summed E-state index contributed by atoms with van der Waals surface area (Å²) in [6.45, 7) is 11.4. The molecule has 2 atom stereocenters. The van der Waals surface area contributed by atoms with Crippen LogP contribution < -0.4 is 0 Å². The highest BCUT2D eigenvalue weighted by Crippen LogP contribution is 2.30. The summed E-state index contributed by atoms with van der Waals surface area (Å²) in [4.78, 5) is 11.1. The Hall–Kier alpha value is -1.31. The van der Waals surface area contributed by atoms with Crippen LogP contribution in [0.5, 0.6) is 0 Å². The van der Waals surface area contributed by atoms with Gasteiger partial charge in [0.15, 0.2) is 0 Å². The van der Waals surface area contributed by atoms with Crippen LogP contribution in [0.3, 0.4) is 0 Å². The van der Waals surface area contributed by atoms with Gasteiger partial charge in [0, 0.05) is 6.08 Å². The summed E-state index contributed by atoms with van der Waals surface area (Å²) < 4.78 is 5.27. The summed E-state index contributed by atoms with van der Waals surface area (Å²) in [6.07, 6.45) is 5.08. The Balaban J connectivity index is 2.67. The number of carbonyl (C=O) groups is 1. The highest BCUT2D eigenvalue weighted by molar-refractivity contribution is 5.81. The van der Waals surface area contributed by atoms with E-state index in [9.17, 15) is 4.79 Å². The first-order chi connectivity index (χ1) is 7.04. The Kier molecular flexibility index (Phi) is 3.89. The molecule has 0 unspecified atom stereocenters. The SMILES string of the molecule is C=CC(=O)O[C@@H]1C[C@@H](C(=C)C)CC=C1C. The predicted octanol–water partition coefficient (Wildman–Crippen LogP) is 3.02. The molecule has 2 heteroatoms. The number of allylic oxidation sites excluding steroid dienone is 2. The van der Waals surface area contributed by atoms with Crippen molar-refractivity contribution >= 4 is 5.97 Å². The van der Waals surface area contributed by atoms with E-state index in [1.54, 1.807) is 0 Å². The van der Waals surface area contributed by atoms with E-state index in [1.165, 1.54) is 6.08 Å². The van der Waals surface area contributed by atoms with E-state index in [0.717, 1.165) is 24.0 Å². The van der Waals surface area contributed by atoms with Crippen molar-refractivity contribution in [2.24, 2.45) is 5.92 Å². The quantitative estimate of drug-likeness (QED) is 0.403. The van der Waals surface area contributed by atoms with Crippen molar-refractivity contribution in [2.45, 2.75) is 32.8 Å². The first-order valence-electron chi connectivity index (χ1n) is 5.19. The second-order valence-corrected chi connectivity index (χ2v) is 4.09. The van der Waals surface area contributed by atoms with E-state index in [2.05, 4.69) is 19.2 Å². The molecular formula is C13H18O2. The van der Waals surface area contributed by atoms with Gasteiger partial charge < -0.3 is 4.74 Å². The lowest BCUT2D eigenvalue weighted by Crippen LogP contribution is -2.25. The van der Waals surface area contributed by atoms with E-state index in [1.807, 2.05) is 13.8 Å². The molecule has 15 heavy (non-hydrogen) atoms. The second-order valence-electron chi connectivity index (χ2n) is 4.09. The second kappa shape index (κ2) is 4.96. The summed E-state index contributed by atoms with van der Waals surface area (Å²) in [5.41, 5.74) is 2.28. The third-order valence-electron chi connectivity index (χ3n) is 2.85. The molecular weight excluding hydrogens is 188 g/mol. The molecule has 0 amide bonds. The fourth-order valence-corrected chi connectivity index (χ4v) is 1.73. The average Bonchev–Trinajstić information content (AvgIpc) is 2.20. The Morgan fingerprint density at radius 1 is 1.67 bits per heavy atom. The molecule has 0 aromatic rings. The van der Waals surface area contributed by atoms with Crippen molar-refractivity contribution in [3.05, 3.63) is 36.5 Å². The molecule has 1 aliphatic carbocycles. The van der Waals surface area contributed by atoms with Crippen LogP contribution in [0.15, 0.2) is 36.5 Å². The highest BCUT2D eigenvalue weighted by Gasteiger charge is 2.24. The largest absolute Gasteiger partial charge is 0.455 e. The van der Waals surface area contributed by atoms with E-state index in [4.69, 9.17) is 4.74 Å². The van der Waals surface area contributed by atoms with E-state index >= 15 is 0 Å². The van der Waals surface area contributed by atoms with Gasteiger partial charge in [0.2, 0.25) is 0 Å². The topological polar surface area (TPSA) is 26.3 Å². The van der Waals surface area contributed by atoms with Crippen LogP contribution in [0, 0.1) is 5.92 Å². The van der Waals surface area contributed by atoms with Gasteiger partial charge in [0.05, 0.1) is 0 Å². The molecule has 0 aromatic carbocycles. The van der Waals surface area contributed by atoms with Gasteiger partial charge in [0.25, 0.3) is 0 Å². The molecule has 0 saturated carbocycles. The van der Waals surface area contributed by atoms with Crippen LogP contribution in [0.2, 0.25) is 0 Å². The summed E-state index contributed by atoms with van der Waals surface area (Å²) in [7, 11) is 0. The molecule has 82 valence electrons. The van der Waals surface area contributed by atoms with Crippen LogP contribution in [-0.4, -0.2) is 12.1 Å². The molecule has 2 nitrogen and oxygen atoms in total. The maximum atomic E-state index is 11.1. The lowest BCUT2D eigenvalue weighted by Gasteiger charge is -2.28. The highest BCUT2D eigenvalue weighted by atomic mass is 16.5. The zero-order valence-electron chi connectivity index (χ0n) is 9.45. The number of esters is 1. The maximum Gasteiger partial charge on any atom is 0.330 e. The monoisotopic (exact) mass is 206 g/mol. The summed E-state index contributed by atoms with van der Waals surface area (Å²) in [5.74, 6) is 0.0754. The third kappa shape index (κ3) is 3.08. The van der Waals surface area contributed by atoms with E-state index in [-0.39, 0.29) is 12.1 Å². The van der Waals surface area contributed by atoms with Gasteiger partial charge in [-0.1, -0.05) is 24.8 Å². The van der Waals surface area contributed by atoms with Crippen molar-refractivity contribution in [2.75, 3.05) is 0 Å². The smallest absolute Gasteiger partial charge is 0.330 e. The van der Waals surface area contributed by atoms with Crippen LogP contribution >= 0.6 is 0 Å². The van der Waals surface area contributed by atoms with E-state index in [0.29, 0.717) is 5.92 Å². The molecule has 1 rings (SSSR count). The number of hydrogen-bond donors (Lipinski definition) is 0. The first kappa shape index (κ1) is 11.8. The molecule has 0 aliphatic heterocycles. The third-order valence-corrected chi connectivity index (χ3v) is 2.85. The minimum atomic E-state index is -0.352. The molecule has 1 aliphatic rings. The Morgan fingerprint density at radius 3 is 2.87 bits per heavy atom. The van der Waals surface area contributed by atoms with Crippen LogP contribution in [0.1, 0.15) is 26.7 Å². The van der Waals surface area contributed by atoms with Gasteiger partial charge in [-0.25, -0.2) is 4.79 Å². The normalized spacial score (nSPS) is 25.3. The molecule has 0 aromatic heterocycles. The lowest BCUT2D eigenvalue weighted by molar-refractivity contribution is -0.142. The lowest BCUT2D eigenvalue weighted by atomic mass is 9.84. The van der Waals surface area contributed by atoms with Crippen molar-refractivity contribution in [1.82, 2.24) is 0 Å². The minimum Gasteiger partial charge on any atom is -0.455 e. The molecule has 0 bridgehead atoms.